The highest BCUT2D eigenvalue weighted by Crippen LogP contribution is 2.30. The van der Waals surface area contributed by atoms with Crippen molar-refractivity contribution in [3.05, 3.63) is 30.5 Å². The third-order valence-electron chi connectivity index (χ3n) is 3.20. The van der Waals surface area contributed by atoms with Crippen LogP contribution in [0.5, 0.6) is 0 Å². The topological polar surface area (TPSA) is 50.9 Å². The number of nitrogens with two attached hydrogens (primary N) is 1. The van der Waals surface area contributed by atoms with Crippen LogP contribution >= 0.6 is 0 Å². The zero-order valence-electron chi connectivity index (χ0n) is 10.9. The quantitative estimate of drug-likeness (QED) is 0.874. The Kier molecular flexibility index (Phi) is 3.11. The fourth-order valence-electron chi connectivity index (χ4n) is 1.71. The summed E-state index contributed by atoms with van der Waals surface area (Å²) in [4.78, 5) is 4.25. The molecule has 0 aliphatic carbocycles. The molecule has 96 valence electrons. The first-order valence-corrected chi connectivity index (χ1v) is 5.98. The molecule has 0 amide bonds. The first-order chi connectivity index (χ1) is 8.39. The van der Waals surface area contributed by atoms with E-state index in [1.807, 2.05) is 24.3 Å². The Bertz CT molecular complexity index is 560. The van der Waals surface area contributed by atoms with Crippen molar-refractivity contribution in [1.29, 1.82) is 0 Å². The first-order valence-electron chi connectivity index (χ1n) is 5.98. The number of benzene rings is 1. The van der Waals surface area contributed by atoms with Gasteiger partial charge in [0.05, 0.1) is 29.1 Å². The maximum atomic E-state index is 13.9. The van der Waals surface area contributed by atoms with Gasteiger partial charge >= 0.3 is 0 Å². The van der Waals surface area contributed by atoms with Gasteiger partial charge in [-0.15, -0.1) is 0 Å². The van der Waals surface area contributed by atoms with Crippen LogP contribution in [0.4, 0.5) is 15.8 Å². The molecule has 0 saturated carbocycles. The highest BCUT2D eigenvalue weighted by molar-refractivity contribution is 5.96. The lowest BCUT2D eigenvalue weighted by Gasteiger charge is -2.26. The Hall–Kier alpha value is -1.84. The van der Waals surface area contributed by atoms with E-state index >= 15 is 0 Å². The highest BCUT2D eigenvalue weighted by atomic mass is 19.1. The average molecular weight is 247 g/mol. The summed E-state index contributed by atoms with van der Waals surface area (Å²) in [6, 6.07) is 7.33. The largest absolute Gasteiger partial charge is 0.396 e. The van der Waals surface area contributed by atoms with E-state index in [0.29, 0.717) is 5.69 Å². The molecule has 0 saturated heterocycles. The molecule has 0 aliphatic rings. The molecule has 3 nitrogen and oxygen atoms in total. The fraction of sp³-hybridized carbons (Fsp3) is 0.357. The van der Waals surface area contributed by atoms with Gasteiger partial charge in [0.1, 0.15) is 5.67 Å². The van der Waals surface area contributed by atoms with Gasteiger partial charge < -0.3 is 11.1 Å². The molecule has 0 radical (unpaired) electrons. The summed E-state index contributed by atoms with van der Waals surface area (Å²) < 4.78 is 13.9. The van der Waals surface area contributed by atoms with Gasteiger partial charge in [-0.3, -0.25) is 4.98 Å². The second kappa shape index (κ2) is 4.44. The van der Waals surface area contributed by atoms with Crippen LogP contribution < -0.4 is 11.1 Å². The van der Waals surface area contributed by atoms with Crippen molar-refractivity contribution in [3.63, 3.8) is 0 Å². The van der Waals surface area contributed by atoms with E-state index < -0.39 is 5.67 Å². The maximum absolute atomic E-state index is 13.9. The van der Waals surface area contributed by atoms with E-state index in [0.717, 1.165) is 16.6 Å². The fourth-order valence-corrected chi connectivity index (χ4v) is 1.71. The third kappa shape index (κ3) is 2.37. The van der Waals surface area contributed by atoms with Crippen molar-refractivity contribution in [1.82, 2.24) is 4.98 Å². The van der Waals surface area contributed by atoms with Gasteiger partial charge in [-0.05, 0) is 26.8 Å². The summed E-state index contributed by atoms with van der Waals surface area (Å²) in [7, 11) is 0. The van der Waals surface area contributed by atoms with Crippen molar-refractivity contribution in [2.75, 3.05) is 11.1 Å². The molecular formula is C14H18FN3. The van der Waals surface area contributed by atoms with Crippen LogP contribution in [0.15, 0.2) is 30.5 Å². The lowest BCUT2D eigenvalue weighted by molar-refractivity contribution is 0.192. The zero-order chi connectivity index (χ0) is 13.3. The van der Waals surface area contributed by atoms with Gasteiger partial charge in [-0.2, -0.15) is 0 Å². The molecule has 0 bridgehead atoms. The number of aromatic nitrogens is 1. The Labute approximate surface area is 106 Å². The van der Waals surface area contributed by atoms with Crippen LogP contribution in [0.3, 0.4) is 0 Å². The van der Waals surface area contributed by atoms with Crippen molar-refractivity contribution in [3.8, 4) is 0 Å². The molecule has 1 aromatic heterocycles. The number of alkyl halides is 1. The molecule has 0 fully saturated rings. The Morgan fingerprint density at radius 1 is 1.33 bits per heavy atom. The van der Waals surface area contributed by atoms with E-state index in [1.54, 1.807) is 27.0 Å². The molecule has 1 atom stereocenters. The molecule has 18 heavy (non-hydrogen) atoms. The minimum atomic E-state index is -1.32. The molecule has 1 aromatic carbocycles. The van der Waals surface area contributed by atoms with Crippen LogP contribution in [-0.2, 0) is 0 Å². The summed E-state index contributed by atoms with van der Waals surface area (Å²) >= 11 is 0. The predicted molar refractivity (Wildman–Crippen MR) is 74.4 cm³/mol. The van der Waals surface area contributed by atoms with Gasteiger partial charge in [0.2, 0.25) is 0 Å². The number of fused-ring (bicyclic) bond motifs is 1. The molecule has 2 rings (SSSR count). The molecule has 0 spiro atoms. The number of pyridine rings is 1. The summed E-state index contributed by atoms with van der Waals surface area (Å²) in [5, 5.41) is 4.06. The van der Waals surface area contributed by atoms with Gasteiger partial charge in [-0.1, -0.05) is 18.2 Å². The number of nitrogens with zero attached hydrogens (tertiary/aromatic N) is 1. The van der Waals surface area contributed by atoms with Crippen LogP contribution in [0, 0.1) is 0 Å². The molecular weight excluding hydrogens is 229 g/mol. The lowest BCUT2D eigenvalue weighted by atomic mass is 10.0. The number of hydrogen-bond donors (Lipinski definition) is 2. The minimum absolute atomic E-state index is 0.342. The smallest absolute Gasteiger partial charge is 0.125 e. The predicted octanol–water partition coefficient (Wildman–Crippen LogP) is 3.37. The molecule has 0 aliphatic heterocycles. The van der Waals surface area contributed by atoms with Gasteiger partial charge in [-0.25, -0.2) is 4.39 Å². The number of halogens is 1. The monoisotopic (exact) mass is 247 g/mol. The SMILES string of the molecule is C[C@@H](Nc1c(N)cnc2ccccc12)C(C)(C)F. The standard InChI is InChI=1S/C14H18FN3/c1-9(14(2,3)15)18-13-10-6-4-5-7-12(10)17-8-11(13)16/h4-9H,16H2,1-3H3,(H,17,18)/t9-/m1/s1. The van der Waals surface area contributed by atoms with Crippen molar-refractivity contribution >= 4 is 22.3 Å². The normalized spacial score (nSPS) is 13.6. The van der Waals surface area contributed by atoms with Gasteiger partial charge in [0, 0.05) is 5.39 Å². The number of anilines is 2. The highest BCUT2D eigenvalue weighted by Gasteiger charge is 2.25. The van der Waals surface area contributed by atoms with Crippen molar-refractivity contribution < 1.29 is 4.39 Å². The van der Waals surface area contributed by atoms with E-state index in [-0.39, 0.29) is 6.04 Å². The van der Waals surface area contributed by atoms with E-state index in [1.165, 1.54) is 0 Å². The Morgan fingerprint density at radius 2 is 2.00 bits per heavy atom. The Balaban J connectivity index is 2.47. The molecule has 1 heterocycles. The summed E-state index contributed by atoms with van der Waals surface area (Å²) in [5.41, 5.74) is 6.73. The second-order valence-corrected chi connectivity index (χ2v) is 5.04. The second-order valence-electron chi connectivity index (χ2n) is 5.04. The minimum Gasteiger partial charge on any atom is -0.396 e. The van der Waals surface area contributed by atoms with Crippen LogP contribution in [-0.4, -0.2) is 16.7 Å². The van der Waals surface area contributed by atoms with Gasteiger partial charge in [0.25, 0.3) is 0 Å². The lowest BCUT2D eigenvalue weighted by Crippen LogP contribution is -2.35. The average Bonchev–Trinajstić information content (AvgIpc) is 2.31. The summed E-state index contributed by atoms with van der Waals surface area (Å²) in [6.07, 6.45) is 1.60. The van der Waals surface area contributed by atoms with E-state index in [2.05, 4.69) is 10.3 Å². The molecule has 2 aromatic rings. The van der Waals surface area contributed by atoms with Crippen LogP contribution in [0.1, 0.15) is 20.8 Å². The molecule has 3 N–H and O–H groups in total. The maximum Gasteiger partial charge on any atom is 0.125 e. The van der Waals surface area contributed by atoms with E-state index in [4.69, 9.17) is 5.73 Å². The first kappa shape index (κ1) is 12.6. The number of nitrogens with one attached hydrogen (secondary N) is 1. The van der Waals surface area contributed by atoms with Gasteiger partial charge in [0.15, 0.2) is 0 Å². The summed E-state index contributed by atoms with van der Waals surface area (Å²) in [6.45, 7) is 4.89. The van der Waals surface area contributed by atoms with Crippen LogP contribution in [0.25, 0.3) is 10.9 Å². The van der Waals surface area contributed by atoms with Crippen LogP contribution in [0.2, 0.25) is 0 Å². The zero-order valence-corrected chi connectivity index (χ0v) is 10.9. The third-order valence-corrected chi connectivity index (χ3v) is 3.20. The number of nitrogen functional groups attached to an aromatic ring is 1. The molecule has 4 heteroatoms. The number of para-hydroxylation sites is 1. The van der Waals surface area contributed by atoms with E-state index in [9.17, 15) is 4.39 Å². The van der Waals surface area contributed by atoms with Crippen molar-refractivity contribution in [2.24, 2.45) is 0 Å². The number of rotatable bonds is 3. The van der Waals surface area contributed by atoms with Crippen molar-refractivity contribution in [2.45, 2.75) is 32.5 Å². The Morgan fingerprint density at radius 3 is 2.67 bits per heavy atom. The number of hydrogen-bond acceptors (Lipinski definition) is 3. The molecule has 0 unspecified atom stereocenters. The summed E-state index contributed by atoms with van der Waals surface area (Å²) in [5.74, 6) is 0.